The number of rotatable bonds is 1. The van der Waals surface area contributed by atoms with Crippen molar-refractivity contribution in [2.45, 2.75) is 38.5 Å². The Morgan fingerprint density at radius 3 is 2.50 bits per heavy atom. The molecule has 0 amide bonds. The molecule has 1 aliphatic heterocycles. The molecular weight excluding hydrogens is 226 g/mol. The van der Waals surface area contributed by atoms with Gasteiger partial charge in [-0.05, 0) is 18.4 Å². The van der Waals surface area contributed by atoms with E-state index in [4.69, 9.17) is 4.84 Å². The molecule has 3 nitrogen and oxygen atoms in total. The Kier molecular flexibility index (Phi) is 2.90. The van der Waals surface area contributed by atoms with Crippen LogP contribution in [0.5, 0.6) is 0 Å². The lowest BCUT2D eigenvalue weighted by Gasteiger charge is -2.36. The van der Waals surface area contributed by atoms with E-state index in [0.717, 1.165) is 43.4 Å². The highest BCUT2D eigenvalue weighted by Gasteiger charge is 2.44. The second-order valence-electron chi connectivity index (χ2n) is 5.30. The summed E-state index contributed by atoms with van der Waals surface area (Å²) in [5.41, 5.74) is 1.68. The van der Waals surface area contributed by atoms with Crippen LogP contribution in [0.25, 0.3) is 0 Å². The Morgan fingerprint density at radius 2 is 1.78 bits per heavy atom. The van der Waals surface area contributed by atoms with Crippen molar-refractivity contribution in [1.82, 2.24) is 0 Å². The van der Waals surface area contributed by atoms with E-state index in [1.165, 1.54) is 6.42 Å². The second kappa shape index (κ2) is 4.56. The maximum atomic E-state index is 12.0. The molecule has 1 aromatic rings. The van der Waals surface area contributed by atoms with E-state index in [9.17, 15) is 4.79 Å². The number of hydrogen-bond acceptors (Lipinski definition) is 3. The van der Waals surface area contributed by atoms with Crippen molar-refractivity contribution in [3.05, 3.63) is 35.9 Å². The Labute approximate surface area is 107 Å². The molecule has 1 fully saturated rings. The lowest BCUT2D eigenvalue weighted by molar-refractivity contribution is -0.159. The fraction of sp³-hybridized carbons (Fsp3) is 0.467. The van der Waals surface area contributed by atoms with Gasteiger partial charge < -0.3 is 4.84 Å². The summed E-state index contributed by atoms with van der Waals surface area (Å²) in [6, 6.07) is 10.0. The van der Waals surface area contributed by atoms with Crippen LogP contribution in [0.15, 0.2) is 35.5 Å². The van der Waals surface area contributed by atoms with E-state index in [1.807, 2.05) is 30.3 Å². The third kappa shape index (κ3) is 1.94. The lowest BCUT2D eigenvalue weighted by atomic mass is 9.70. The fourth-order valence-electron chi connectivity index (χ4n) is 3.01. The van der Waals surface area contributed by atoms with Gasteiger partial charge in [-0.25, -0.2) is 4.79 Å². The number of carbonyl (C=O) groups is 1. The highest BCUT2D eigenvalue weighted by molar-refractivity contribution is 6.04. The third-order valence-electron chi connectivity index (χ3n) is 4.10. The summed E-state index contributed by atoms with van der Waals surface area (Å²) in [7, 11) is 0. The standard InChI is InChI=1S/C15H17NO2/c17-14-15(9-5-2-6-10-15)11-13(16-18-14)12-7-3-1-4-8-12/h1,3-4,7-8H,2,5-6,9-11H2. The molecule has 0 atom stereocenters. The van der Waals surface area contributed by atoms with Gasteiger partial charge in [-0.3, -0.25) is 0 Å². The first kappa shape index (κ1) is 11.5. The number of carbonyl (C=O) groups excluding carboxylic acids is 1. The lowest BCUT2D eigenvalue weighted by Crippen LogP contribution is -2.39. The zero-order chi connectivity index (χ0) is 12.4. The average molecular weight is 243 g/mol. The van der Waals surface area contributed by atoms with Gasteiger partial charge in [0.1, 0.15) is 0 Å². The van der Waals surface area contributed by atoms with Crippen LogP contribution >= 0.6 is 0 Å². The maximum Gasteiger partial charge on any atom is 0.341 e. The minimum absolute atomic E-state index is 0.123. The highest BCUT2D eigenvalue weighted by Crippen LogP contribution is 2.43. The highest BCUT2D eigenvalue weighted by atomic mass is 16.7. The van der Waals surface area contributed by atoms with Crippen LogP contribution in [0.2, 0.25) is 0 Å². The molecule has 0 radical (unpaired) electrons. The molecule has 1 aromatic carbocycles. The van der Waals surface area contributed by atoms with Crippen LogP contribution in [0, 0.1) is 5.41 Å². The van der Waals surface area contributed by atoms with E-state index in [0.29, 0.717) is 0 Å². The van der Waals surface area contributed by atoms with Gasteiger partial charge in [0.15, 0.2) is 0 Å². The molecule has 0 aromatic heterocycles. The molecular formula is C15H17NO2. The van der Waals surface area contributed by atoms with E-state index in [-0.39, 0.29) is 11.4 Å². The first-order valence-corrected chi connectivity index (χ1v) is 6.64. The summed E-state index contributed by atoms with van der Waals surface area (Å²) in [4.78, 5) is 17.1. The minimum Gasteiger partial charge on any atom is -0.317 e. The summed E-state index contributed by atoms with van der Waals surface area (Å²) >= 11 is 0. The normalized spacial score (nSPS) is 22.4. The van der Waals surface area contributed by atoms with Crippen molar-refractivity contribution in [2.24, 2.45) is 10.6 Å². The molecule has 1 spiro atoms. The van der Waals surface area contributed by atoms with E-state index in [1.54, 1.807) is 0 Å². The van der Waals surface area contributed by atoms with E-state index >= 15 is 0 Å². The van der Waals surface area contributed by atoms with Gasteiger partial charge >= 0.3 is 5.97 Å². The largest absolute Gasteiger partial charge is 0.341 e. The van der Waals surface area contributed by atoms with E-state index < -0.39 is 0 Å². The van der Waals surface area contributed by atoms with Gasteiger partial charge in [-0.15, -0.1) is 0 Å². The summed E-state index contributed by atoms with van der Waals surface area (Å²) in [6.45, 7) is 0. The summed E-state index contributed by atoms with van der Waals surface area (Å²) in [5.74, 6) is -0.123. The summed E-state index contributed by atoms with van der Waals surface area (Å²) in [6.07, 6.45) is 6.09. The van der Waals surface area contributed by atoms with Crippen molar-refractivity contribution in [2.75, 3.05) is 0 Å². The molecule has 1 saturated carbocycles. The molecule has 3 rings (SSSR count). The Bertz CT molecular complexity index is 473. The van der Waals surface area contributed by atoms with Gasteiger partial charge in [0.25, 0.3) is 0 Å². The van der Waals surface area contributed by atoms with Crippen molar-refractivity contribution < 1.29 is 9.63 Å². The van der Waals surface area contributed by atoms with Crippen LogP contribution in [0.1, 0.15) is 44.1 Å². The quantitative estimate of drug-likeness (QED) is 0.710. The molecule has 3 heteroatoms. The zero-order valence-corrected chi connectivity index (χ0v) is 10.4. The second-order valence-corrected chi connectivity index (χ2v) is 5.30. The number of benzene rings is 1. The molecule has 0 bridgehead atoms. The van der Waals surface area contributed by atoms with Crippen LogP contribution in [-0.2, 0) is 9.63 Å². The number of oxime groups is 1. The average Bonchev–Trinajstić information content (AvgIpc) is 2.44. The molecule has 0 saturated heterocycles. The summed E-state index contributed by atoms with van der Waals surface area (Å²) in [5, 5.41) is 4.00. The Hall–Kier alpha value is -1.64. The Balaban J connectivity index is 1.89. The summed E-state index contributed by atoms with van der Waals surface area (Å²) < 4.78 is 0. The van der Waals surface area contributed by atoms with Gasteiger partial charge in [0.2, 0.25) is 0 Å². The molecule has 1 aliphatic carbocycles. The predicted molar refractivity (Wildman–Crippen MR) is 69.2 cm³/mol. The molecule has 0 N–H and O–H groups in total. The van der Waals surface area contributed by atoms with Crippen LogP contribution < -0.4 is 0 Å². The molecule has 0 unspecified atom stereocenters. The van der Waals surface area contributed by atoms with Crippen molar-refractivity contribution in [1.29, 1.82) is 0 Å². The topological polar surface area (TPSA) is 38.7 Å². The van der Waals surface area contributed by atoms with Crippen LogP contribution in [0.3, 0.4) is 0 Å². The van der Waals surface area contributed by atoms with Gasteiger partial charge in [-0.2, -0.15) is 0 Å². The minimum atomic E-state index is -0.300. The molecule has 94 valence electrons. The third-order valence-corrected chi connectivity index (χ3v) is 4.10. The first-order valence-electron chi connectivity index (χ1n) is 6.64. The van der Waals surface area contributed by atoms with Crippen molar-refractivity contribution in [3.8, 4) is 0 Å². The van der Waals surface area contributed by atoms with Crippen molar-refractivity contribution in [3.63, 3.8) is 0 Å². The fourth-order valence-corrected chi connectivity index (χ4v) is 3.01. The van der Waals surface area contributed by atoms with Gasteiger partial charge in [0.05, 0.1) is 11.1 Å². The molecule has 2 aliphatic rings. The first-order chi connectivity index (χ1) is 8.80. The van der Waals surface area contributed by atoms with Crippen LogP contribution in [-0.4, -0.2) is 11.7 Å². The van der Waals surface area contributed by atoms with Crippen LogP contribution in [0.4, 0.5) is 0 Å². The van der Waals surface area contributed by atoms with Crippen molar-refractivity contribution >= 4 is 11.7 Å². The van der Waals surface area contributed by atoms with Gasteiger partial charge in [0, 0.05) is 6.42 Å². The number of hydrogen-bond donors (Lipinski definition) is 0. The predicted octanol–water partition coefficient (Wildman–Crippen LogP) is 3.29. The van der Waals surface area contributed by atoms with E-state index in [2.05, 4.69) is 5.16 Å². The smallest absolute Gasteiger partial charge is 0.317 e. The monoisotopic (exact) mass is 243 g/mol. The number of nitrogens with zero attached hydrogens (tertiary/aromatic N) is 1. The zero-order valence-electron chi connectivity index (χ0n) is 10.4. The SMILES string of the molecule is O=C1ON=C(c2ccccc2)CC12CCCCC2. The molecule has 1 heterocycles. The Morgan fingerprint density at radius 1 is 1.06 bits per heavy atom. The maximum absolute atomic E-state index is 12.0. The van der Waals surface area contributed by atoms with Gasteiger partial charge in [-0.1, -0.05) is 54.8 Å². The molecule has 18 heavy (non-hydrogen) atoms.